The Morgan fingerprint density at radius 1 is 1.57 bits per heavy atom. The Labute approximate surface area is 89.1 Å². The molecule has 0 aliphatic carbocycles. The summed E-state index contributed by atoms with van der Waals surface area (Å²) in [5, 5.41) is 8.28. The molecule has 2 unspecified atom stereocenters. The topological polar surface area (TPSA) is 29.0 Å². The van der Waals surface area contributed by atoms with E-state index in [4.69, 9.17) is 11.6 Å². The summed E-state index contributed by atoms with van der Waals surface area (Å²) in [4.78, 5) is 2.25. The first-order valence-electron chi connectivity index (χ1n) is 4.94. The van der Waals surface area contributed by atoms with Crippen LogP contribution < -0.4 is 4.90 Å². The average molecular weight is 212 g/mol. The number of aromatic nitrogens is 2. The highest BCUT2D eigenvalue weighted by Gasteiger charge is 2.24. The number of hydrogen-bond acceptors (Lipinski definition) is 3. The van der Waals surface area contributed by atoms with Gasteiger partial charge in [0.05, 0.1) is 0 Å². The van der Waals surface area contributed by atoms with Crippen LogP contribution in [0.15, 0.2) is 18.3 Å². The number of alkyl halides is 1. The van der Waals surface area contributed by atoms with Crippen LogP contribution in [-0.2, 0) is 0 Å². The molecule has 0 aromatic carbocycles. The monoisotopic (exact) mass is 211 g/mol. The van der Waals surface area contributed by atoms with Crippen molar-refractivity contribution in [1.82, 2.24) is 10.2 Å². The van der Waals surface area contributed by atoms with Gasteiger partial charge in [-0.25, -0.2) is 0 Å². The zero-order valence-corrected chi connectivity index (χ0v) is 8.98. The molecule has 14 heavy (non-hydrogen) atoms. The molecular weight excluding hydrogens is 198 g/mol. The lowest BCUT2D eigenvalue weighted by atomic mass is 10.00. The Hall–Kier alpha value is -0.830. The molecule has 0 radical (unpaired) electrons. The zero-order chi connectivity index (χ0) is 9.97. The van der Waals surface area contributed by atoms with E-state index < -0.39 is 0 Å². The van der Waals surface area contributed by atoms with Crippen molar-refractivity contribution in [3.63, 3.8) is 0 Å². The maximum absolute atomic E-state index is 6.16. The van der Waals surface area contributed by atoms with E-state index in [1.54, 1.807) is 6.20 Å². The summed E-state index contributed by atoms with van der Waals surface area (Å²) >= 11 is 6.16. The van der Waals surface area contributed by atoms with Crippen molar-refractivity contribution in [3.8, 4) is 0 Å². The van der Waals surface area contributed by atoms with Gasteiger partial charge in [-0.1, -0.05) is 6.92 Å². The van der Waals surface area contributed by atoms with Gasteiger partial charge in [0, 0.05) is 24.7 Å². The molecule has 2 atom stereocenters. The number of nitrogens with zero attached hydrogens (tertiary/aromatic N) is 3. The van der Waals surface area contributed by atoms with Gasteiger partial charge in [0.25, 0.3) is 0 Å². The van der Waals surface area contributed by atoms with Gasteiger partial charge in [0.2, 0.25) is 0 Å². The Kier molecular flexibility index (Phi) is 2.87. The number of piperidine rings is 1. The zero-order valence-electron chi connectivity index (χ0n) is 8.23. The molecule has 2 heterocycles. The molecule has 4 heteroatoms. The van der Waals surface area contributed by atoms with E-state index in [9.17, 15) is 0 Å². The molecule has 1 aliphatic heterocycles. The van der Waals surface area contributed by atoms with E-state index in [1.165, 1.54) is 0 Å². The normalized spacial score (nSPS) is 27.7. The van der Waals surface area contributed by atoms with Gasteiger partial charge in [0.1, 0.15) is 0 Å². The average Bonchev–Trinajstić information content (AvgIpc) is 2.23. The first kappa shape index (κ1) is 9.71. The van der Waals surface area contributed by atoms with Gasteiger partial charge >= 0.3 is 0 Å². The first-order valence-corrected chi connectivity index (χ1v) is 5.38. The fourth-order valence-corrected chi connectivity index (χ4v) is 1.96. The highest BCUT2D eigenvalue weighted by molar-refractivity contribution is 6.20. The third-order valence-corrected chi connectivity index (χ3v) is 3.33. The molecule has 0 spiro atoms. The number of hydrogen-bond donors (Lipinski definition) is 0. The fraction of sp³-hybridized carbons (Fsp3) is 0.600. The number of anilines is 1. The highest BCUT2D eigenvalue weighted by Crippen LogP contribution is 2.24. The van der Waals surface area contributed by atoms with Crippen LogP contribution in [0.5, 0.6) is 0 Å². The smallest absolute Gasteiger partial charge is 0.151 e. The standard InChI is InChI=1S/C10H14ClN3/c1-8-7-14(6-4-9(8)11)10-3-2-5-12-13-10/h2-3,5,8-9H,4,6-7H2,1H3. The quantitative estimate of drug-likeness (QED) is 0.665. The van der Waals surface area contributed by atoms with E-state index in [-0.39, 0.29) is 0 Å². The lowest BCUT2D eigenvalue weighted by Crippen LogP contribution is -2.40. The second-order valence-electron chi connectivity index (χ2n) is 3.81. The molecule has 1 fully saturated rings. The molecule has 76 valence electrons. The van der Waals surface area contributed by atoms with Crippen LogP contribution in [0.3, 0.4) is 0 Å². The molecule has 0 N–H and O–H groups in total. The van der Waals surface area contributed by atoms with Crippen molar-refractivity contribution >= 4 is 17.4 Å². The summed E-state index contributed by atoms with van der Waals surface area (Å²) < 4.78 is 0. The van der Waals surface area contributed by atoms with Crippen LogP contribution in [0.25, 0.3) is 0 Å². The number of halogens is 1. The van der Waals surface area contributed by atoms with Crippen molar-refractivity contribution in [2.45, 2.75) is 18.7 Å². The molecule has 0 saturated carbocycles. The maximum atomic E-state index is 6.16. The Morgan fingerprint density at radius 2 is 2.43 bits per heavy atom. The first-order chi connectivity index (χ1) is 6.77. The lowest BCUT2D eigenvalue weighted by molar-refractivity contribution is 0.451. The molecule has 0 bridgehead atoms. The van der Waals surface area contributed by atoms with E-state index >= 15 is 0 Å². The van der Waals surface area contributed by atoms with Crippen molar-refractivity contribution in [2.75, 3.05) is 18.0 Å². The third kappa shape index (κ3) is 1.98. The van der Waals surface area contributed by atoms with Crippen molar-refractivity contribution in [1.29, 1.82) is 0 Å². The minimum atomic E-state index is 0.308. The molecule has 1 saturated heterocycles. The minimum Gasteiger partial charge on any atom is -0.355 e. The van der Waals surface area contributed by atoms with E-state index in [1.807, 2.05) is 12.1 Å². The van der Waals surface area contributed by atoms with Crippen molar-refractivity contribution < 1.29 is 0 Å². The summed E-state index contributed by atoms with van der Waals surface area (Å²) in [6.45, 7) is 4.14. The lowest BCUT2D eigenvalue weighted by Gasteiger charge is -2.34. The number of rotatable bonds is 1. The molecule has 1 aromatic heterocycles. The minimum absolute atomic E-state index is 0.308. The highest BCUT2D eigenvalue weighted by atomic mass is 35.5. The Morgan fingerprint density at radius 3 is 3.07 bits per heavy atom. The van der Waals surface area contributed by atoms with Crippen LogP contribution in [0.2, 0.25) is 0 Å². The summed E-state index contributed by atoms with van der Waals surface area (Å²) in [5.74, 6) is 1.48. The Bertz CT molecular complexity index is 291. The van der Waals surface area contributed by atoms with Crippen LogP contribution in [-0.4, -0.2) is 28.7 Å². The van der Waals surface area contributed by atoms with Crippen LogP contribution in [0.4, 0.5) is 5.82 Å². The molecule has 0 amide bonds. The molecule has 1 aromatic rings. The Balaban J connectivity index is 2.07. The largest absolute Gasteiger partial charge is 0.355 e. The SMILES string of the molecule is CC1CN(c2cccnn2)CCC1Cl. The van der Waals surface area contributed by atoms with Crippen molar-refractivity contribution in [3.05, 3.63) is 18.3 Å². The summed E-state index contributed by atoms with van der Waals surface area (Å²) in [5.41, 5.74) is 0. The van der Waals surface area contributed by atoms with Gasteiger partial charge in [-0.15, -0.1) is 16.7 Å². The van der Waals surface area contributed by atoms with E-state index in [0.29, 0.717) is 11.3 Å². The van der Waals surface area contributed by atoms with Gasteiger partial charge in [0.15, 0.2) is 5.82 Å². The maximum Gasteiger partial charge on any atom is 0.151 e. The molecule has 1 aliphatic rings. The predicted octanol–water partition coefficient (Wildman–Crippen LogP) is 1.93. The molecular formula is C10H14ClN3. The predicted molar refractivity (Wildman–Crippen MR) is 57.7 cm³/mol. The van der Waals surface area contributed by atoms with Gasteiger partial charge in [-0.2, -0.15) is 5.10 Å². The fourth-order valence-electron chi connectivity index (χ4n) is 1.79. The van der Waals surface area contributed by atoms with E-state index in [2.05, 4.69) is 22.0 Å². The third-order valence-electron chi connectivity index (χ3n) is 2.68. The van der Waals surface area contributed by atoms with Crippen LogP contribution >= 0.6 is 11.6 Å². The van der Waals surface area contributed by atoms with Gasteiger partial charge < -0.3 is 4.90 Å². The van der Waals surface area contributed by atoms with Gasteiger partial charge in [-0.05, 0) is 24.5 Å². The molecule has 3 nitrogen and oxygen atoms in total. The summed E-state index contributed by atoms with van der Waals surface area (Å²) in [6.07, 6.45) is 2.72. The van der Waals surface area contributed by atoms with Crippen molar-refractivity contribution in [2.24, 2.45) is 5.92 Å². The molecule has 2 rings (SSSR count). The van der Waals surface area contributed by atoms with Crippen LogP contribution in [0, 0.1) is 5.92 Å². The second-order valence-corrected chi connectivity index (χ2v) is 4.37. The summed E-state index contributed by atoms with van der Waals surface area (Å²) in [7, 11) is 0. The van der Waals surface area contributed by atoms with E-state index in [0.717, 1.165) is 25.3 Å². The summed E-state index contributed by atoms with van der Waals surface area (Å²) in [6, 6.07) is 3.91. The second kappa shape index (κ2) is 4.13. The van der Waals surface area contributed by atoms with Gasteiger partial charge in [-0.3, -0.25) is 0 Å². The van der Waals surface area contributed by atoms with Crippen LogP contribution in [0.1, 0.15) is 13.3 Å².